The van der Waals surface area contributed by atoms with Crippen molar-refractivity contribution < 1.29 is 9.18 Å². The average Bonchev–Trinajstić information content (AvgIpc) is 3.24. The van der Waals surface area contributed by atoms with Gasteiger partial charge in [-0.1, -0.05) is 6.07 Å². The van der Waals surface area contributed by atoms with Gasteiger partial charge >= 0.3 is 0 Å². The highest BCUT2D eigenvalue weighted by Crippen LogP contribution is 2.24. The van der Waals surface area contributed by atoms with Gasteiger partial charge in [-0.3, -0.25) is 9.48 Å². The average molecular weight is 381 g/mol. The van der Waals surface area contributed by atoms with E-state index in [1.807, 2.05) is 0 Å². The van der Waals surface area contributed by atoms with Gasteiger partial charge in [0.2, 0.25) is 5.95 Å². The van der Waals surface area contributed by atoms with Gasteiger partial charge in [-0.05, 0) is 12.1 Å². The van der Waals surface area contributed by atoms with Gasteiger partial charge in [0.05, 0.1) is 17.5 Å². The topological polar surface area (TPSA) is 128 Å². The van der Waals surface area contributed by atoms with E-state index in [0.717, 1.165) is 0 Å². The summed E-state index contributed by atoms with van der Waals surface area (Å²) in [6.07, 6.45) is 2.91. The van der Waals surface area contributed by atoms with Crippen LogP contribution in [-0.4, -0.2) is 42.3 Å². The summed E-state index contributed by atoms with van der Waals surface area (Å²) < 4.78 is 16.8. The first-order chi connectivity index (χ1) is 13.5. The molecule has 0 saturated heterocycles. The molecule has 4 aromatic rings. The van der Waals surface area contributed by atoms with Crippen molar-refractivity contribution in [2.24, 2.45) is 12.8 Å². The molecule has 28 heavy (non-hydrogen) atoms. The Morgan fingerprint density at radius 1 is 1.25 bits per heavy atom. The number of hydrogen-bond acceptors (Lipinski definition) is 7. The molecular weight excluding hydrogens is 365 g/mol. The number of anilines is 3. The third kappa shape index (κ3) is 2.98. The fourth-order valence-electron chi connectivity index (χ4n) is 2.80. The lowest BCUT2D eigenvalue weighted by Gasteiger charge is -2.10. The number of pyridine rings is 1. The number of nitrogens with two attached hydrogens (primary N) is 1. The van der Waals surface area contributed by atoms with Crippen molar-refractivity contribution in [1.29, 1.82) is 0 Å². The maximum atomic E-state index is 13.9. The van der Waals surface area contributed by atoms with E-state index in [1.165, 1.54) is 15.4 Å². The van der Waals surface area contributed by atoms with Gasteiger partial charge in [-0.2, -0.15) is 14.0 Å². The van der Waals surface area contributed by atoms with E-state index in [-0.39, 0.29) is 11.1 Å². The number of fused-ring (bicyclic) bond motifs is 1. The smallest absolute Gasteiger partial charge is 0.254 e. The molecule has 4 aromatic heterocycles. The van der Waals surface area contributed by atoms with Crippen molar-refractivity contribution in [3.8, 4) is 11.3 Å². The lowest BCUT2D eigenvalue weighted by Crippen LogP contribution is -2.12. The second-order valence-electron chi connectivity index (χ2n) is 5.97. The molecule has 4 heterocycles. The van der Waals surface area contributed by atoms with Crippen LogP contribution in [0, 0.1) is 5.95 Å². The summed E-state index contributed by atoms with van der Waals surface area (Å²) >= 11 is 0. The van der Waals surface area contributed by atoms with E-state index in [1.54, 1.807) is 44.6 Å². The normalized spacial score (nSPS) is 11.0. The Balaban J connectivity index is 1.74. The Labute approximate surface area is 158 Å². The molecular formula is C17H16FN9O. The number of aromatic nitrogens is 6. The fourth-order valence-corrected chi connectivity index (χ4v) is 2.80. The monoisotopic (exact) mass is 381 g/mol. The molecule has 0 spiro atoms. The molecule has 4 N–H and O–H groups in total. The highest BCUT2D eigenvalue weighted by atomic mass is 19.1. The Kier molecular flexibility index (Phi) is 4.11. The standard InChI is InChI=1S/C17H16FN9O/c1-20-14-6-13(24-17-9(16(19)28)7-21-27(14)17)23-12-5-3-4-11(22-12)10-8-26(2)25-15(10)18/h3-8,20H,1-2H3,(H2,19,28)(H,22,23,24). The summed E-state index contributed by atoms with van der Waals surface area (Å²) in [5.74, 6) is 0.216. The summed E-state index contributed by atoms with van der Waals surface area (Å²) in [6.45, 7) is 0. The van der Waals surface area contributed by atoms with E-state index in [2.05, 4.69) is 30.8 Å². The number of primary amides is 1. The summed E-state index contributed by atoms with van der Waals surface area (Å²) in [5.41, 5.74) is 6.60. The van der Waals surface area contributed by atoms with Crippen molar-refractivity contribution in [2.45, 2.75) is 0 Å². The van der Waals surface area contributed by atoms with Gasteiger partial charge in [0.1, 0.15) is 23.0 Å². The zero-order chi connectivity index (χ0) is 19.8. The van der Waals surface area contributed by atoms with Gasteiger partial charge in [-0.25, -0.2) is 9.97 Å². The number of nitrogens with one attached hydrogen (secondary N) is 2. The molecule has 1 amide bonds. The number of rotatable bonds is 5. The number of halogens is 1. The van der Waals surface area contributed by atoms with Crippen LogP contribution in [0.4, 0.5) is 21.8 Å². The van der Waals surface area contributed by atoms with Gasteiger partial charge in [0.15, 0.2) is 5.65 Å². The van der Waals surface area contributed by atoms with Gasteiger partial charge in [0, 0.05) is 26.4 Å². The van der Waals surface area contributed by atoms with Gasteiger partial charge in [0.25, 0.3) is 5.91 Å². The molecule has 0 aliphatic heterocycles. The highest BCUT2D eigenvalue weighted by molar-refractivity contribution is 5.98. The molecule has 4 rings (SSSR count). The molecule has 0 aliphatic rings. The predicted octanol–water partition coefficient (Wildman–Crippen LogP) is 1.55. The van der Waals surface area contributed by atoms with Crippen LogP contribution in [0.5, 0.6) is 0 Å². The van der Waals surface area contributed by atoms with E-state index in [9.17, 15) is 9.18 Å². The number of hydrogen-bond donors (Lipinski definition) is 3. The molecule has 0 aromatic carbocycles. The molecule has 0 aliphatic carbocycles. The molecule has 0 bridgehead atoms. The third-order valence-electron chi connectivity index (χ3n) is 4.06. The quantitative estimate of drug-likeness (QED) is 0.478. The third-order valence-corrected chi connectivity index (χ3v) is 4.06. The molecule has 10 nitrogen and oxygen atoms in total. The zero-order valence-corrected chi connectivity index (χ0v) is 15.0. The fraction of sp³-hybridized carbons (Fsp3) is 0.118. The van der Waals surface area contributed by atoms with E-state index < -0.39 is 11.9 Å². The largest absolute Gasteiger partial charge is 0.373 e. The Bertz CT molecular complexity index is 1200. The van der Waals surface area contributed by atoms with Crippen molar-refractivity contribution in [3.63, 3.8) is 0 Å². The Morgan fingerprint density at radius 3 is 2.75 bits per heavy atom. The highest BCUT2D eigenvalue weighted by Gasteiger charge is 2.15. The zero-order valence-electron chi connectivity index (χ0n) is 15.0. The van der Waals surface area contributed by atoms with Gasteiger partial charge in [-0.15, -0.1) is 5.10 Å². The van der Waals surface area contributed by atoms with Crippen LogP contribution in [0.1, 0.15) is 10.4 Å². The van der Waals surface area contributed by atoms with Crippen LogP contribution < -0.4 is 16.4 Å². The van der Waals surface area contributed by atoms with Crippen LogP contribution in [0.15, 0.2) is 36.7 Å². The van der Waals surface area contributed by atoms with E-state index in [4.69, 9.17) is 5.73 Å². The minimum atomic E-state index is -0.631. The van der Waals surface area contributed by atoms with E-state index >= 15 is 0 Å². The van der Waals surface area contributed by atoms with Crippen LogP contribution in [0.2, 0.25) is 0 Å². The summed E-state index contributed by atoms with van der Waals surface area (Å²) in [7, 11) is 3.35. The number of amides is 1. The minimum absolute atomic E-state index is 0.194. The van der Waals surface area contributed by atoms with Crippen molar-refractivity contribution >= 4 is 29.0 Å². The molecule has 11 heteroatoms. The second-order valence-corrected chi connectivity index (χ2v) is 5.97. The van der Waals surface area contributed by atoms with Crippen molar-refractivity contribution in [1.82, 2.24) is 29.4 Å². The first kappa shape index (κ1) is 17.4. The molecule has 0 atom stereocenters. The second kappa shape index (κ2) is 6.61. The van der Waals surface area contributed by atoms with Crippen LogP contribution >= 0.6 is 0 Å². The molecule has 0 saturated carbocycles. The van der Waals surface area contributed by atoms with Crippen molar-refractivity contribution in [2.75, 3.05) is 17.7 Å². The molecule has 0 radical (unpaired) electrons. The number of carbonyl (C=O) groups excluding carboxylic acids is 1. The first-order valence-electron chi connectivity index (χ1n) is 8.26. The summed E-state index contributed by atoms with van der Waals surface area (Å²) in [4.78, 5) is 20.4. The molecule has 0 unspecified atom stereocenters. The number of aryl methyl sites for hydroxylation is 1. The maximum absolute atomic E-state index is 13.9. The number of carbonyl (C=O) groups is 1. The van der Waals surface area contributed by atoms with Crippen LogP contribution in [-0.2, 0) is 7.05 Å². The summed E-state index contributed by atoms with van der Waals surface area (Å²) in [6, 6.07) is 6.84. The van der Waals surface area contributed by atoms with Crippen LogP contribution in [0.25, 0.3) is 16.9 Å². The lowest BCUT2D eigenvalue weighted by molar-refractivity contribution is 0.100. The SMILES string of the molecule is CNc1cc(Nc2cccc(-c3cn(C)nc3F)n2)nc2c(C(N)=O)cnn12. The Morgan fingerprint density at radius 2 is 2.07 bits per heavy atom. The van der Waals surface area contributed by atoms with Crippen molar-refractivity contribution in [3.05, 3.63) is 48.2 Å². The predicted molar refractivity (Wildman–Crippen MR) is 101 cm³/mol. The van der Waals surface area contributed by atoms with Gasteiger partial charge < -0.3 is 16.4 Å². The Hall–Kier alpha value is -4.02. The lowest BCUT2D eigenvalue weighted by atomic mass is 10.2. The minimum Gasteiger partial charge on any atom is -0.373 e. The summed E-state index contributed by atoms with van der Waals surface area (Å²) in [5, 5.41) is 13.9. The first-order valence-corrected chi connectivity index (χ1v) is 8.26. The molecule has 0 fully saturated rings. The van der Waals surface area contributed by atoms with E-state index in [0.29, 0.717) is 28.8 Å². The maximum Gasteiger partial charge on any atom is 0.254 e. The number of nitrogens with zero attached hydrogens (tertiary/aromatic N) is 6. The van der Waals surface area contributed by atoms with Crippen LogP contribution in [0.3, 0.4) is 0 Å². The molecule has 142 valence electrons.